The molecule has 0 amide bonds. The van der Waals surface area contributed by atoms with Crippen LogP contribution in [0.5, 0.6) is 0 Å². The Bertz CT molecular complexity index is 596. The number of benzene rings is 1. The fourth-order valence-corrected chi connectivity index (χ4v) is 1.56. The quantitative estimate of drug-likeness (QED) is 0.878. The maximum absolute atomic E-state index is 12.8. The third-order valence-electron chi connectivity index (χ3n) is 2.61. The zero-order valence-electron chi connectivity index (χ0n) is 9.99. The number of para-hydroxylation sites is 1. The van der Waals surface area contributed by atoms with E-state index in [1.54, 1.807) is 6.92 Å². The van der Waals surface area contributed by atoms with Crippen molar-refractivity contribution in [2.24, 2.45) is 0 Å². The number of nitrogens with one attached hydrogen (secondary N) is 1. The summed E-state index contributed by atoms with van der Waals surface area (Å²) in [5, 5.41) is 2.64. The molecule has 0 bridgehead atoms. The van der Waals surface area contributed by atoms with Crippen LogP contribution in [0.25, 0.3) is 0 Å². The summed E-state index contributed by atoms with van der Waals surface area (Å²) < 4.78 is 38.5. The van der Waals surface area contributed by atoms with Crippen LogP contribution in [0.2, 0.25) is 0 Å². The van der Waals surface area contributed by atoms with Gasteiger partial charge >= 0.3 is 6.18 Å². The molecule has 0 aliphatic carbocycles. The van der Waals surface area contributed by atoms with Crippen LogP contribution in [-0.4, -0.2) is 9.97 Å². The molecular weight excluding hydrogens is 257 g/mol. The SMILES string of the molecule is Cc1c(N)ncnc1Nc1ccccc1C(F)(F)F. The lowest BCUT2D eigenvalue weighted by atomic mass is 10.1. The fourth-order valence-electron chi connectivity index (χ4n) is 1.56. The minimum absolute atomic E-state index is 0.0730. The summed E-state index contributed by atoms with van der Waals surface area (Å²) in [5.41, 5.74) is 5.25. The van der Waals surface area contributed by atoms with Gasteiger partial charge in [0.05, 0.1) is 11.3 Å². The molecule has 0 aliphatic heterocycles. The molecule has 0 atom stereocenters. The van der Waals surface area contributed by atoms with E-state index in [1.165, 1.54) is 24.5 Å². The Labute approximate surface area is 107 Å². The largest absolute Gasteiger partial charge is 0.418 e. The van der Waals surface area contributed by atoms with E-state index in [4.69, 9.17) is 5.73 Å². The highest BCUT2D eigenvalue weighted by molar-refractivity contribution is 5.66. The van der Waals surface area contributed by atoms with Crippen molar-refractivity contribution in [2.45, 2.75) is 13.1 Å². The highest BCUT2D eigenvalue weighted by Gasteiger charge is 2.33. The molecule has 100 valence electrons. The van der Waals surface area contributed by atoms with Crippen molar-refractivity contribution in [3.8, 4) is 0 Å². The summed E-state index contributed by atoms with van der Waals surface area (Å²) in [6.07, 6.45) is -3.24. The van der Waals surface area contributed by atoms with E-state index in [0.29, 0.717) is 5.56 Å². The van der Waals surface area contributed by atoms with E-state index in [9.17, 15) is 13.2 Å². The fraction of sp³-hybridized carbons (Fsp3) is 0.167. The molecule has 0 saturated carbocycles. The predicted molar refractivity (Wildman–Crippen MR) is 65.9 cm³/mol. The maximum Gasteiger partial charge on any atom is 0.418 e. The molecule has 1 aromatic heterocycles. The van der Waals surface area contributed by atoms with Gasteiger partial charge in [0.15, 0.2) is 0 Å². The lowest BCUT2D eigenvalue weighted by molar-refractivity contribution is -0.136. The molecule has 0 saturated heterocycles. The van der Waals surface area contributed by atoms with Crippen LogP contribution in [-0.2, 0) is 6.18 Å². The lowest BCUT2D eigenvalue weighted by Crippen LogP contribution is -2.10. The third-order valence-corrected chi connectivity index (χ3v) is 2.61. The normalized spacial score (nSPS) is 11.4. The van der Waals surface area contributed by atoms with Crippen LogP contribution in [0, 0.1) is 6.92 Å². The molecule has 0 aliphatic rings. The number of nitrogen functional groups attached to an aromatic ring is 1. The lowest BCUT2D eigenvalue weighted by Gasteiger charge is -2.15. The van der Waals surface area contributed by atoms with E-state index < -0.39 is 11.7 Å². The number of hydrogen-bond acceptors (Lipinski definition) is 4. The topological polar surface area (TPSA) is 63.8 Å². The van der Waals surface area contributed by atoms with Gasteiger partial charge in [-0.05, 0) is 19.1 Å². The number of hydrogen-bond donors (Lipinski definition) is 2. The first-order valence-electron chi connectivity index (χ1n) is 5.40. The summed E-state index contributed by atoms with van der Waals surface area (Å²) in [7, 11) is 0. The standard InChI is InChI=1S/C12H11F3N4/c1-7-10(16)17-6-18-11(7)19-9-5-3-2-4-8(9)12(13,14)15/h2-6H,1H3,(H3,16,17,18,19). The van der Waals surface area contributed by atoms with Gasteiger partial charge in [-0.1, -0.05) is 12.1 Å². The van der Waals surface area contributed by atoms with Crippen molar-refractivity contribution < 1.29 is 13.2 Å². The molecule has 4 nitrogen and oxygen atoms in total. The molecular formula is C12H11F3N4. The Morgan fingerprint density at radius 3 is 2.53 bits per heavy atom. The number of nitrogens with zero attached hydrogens (tertiary/aromatic N) is 2. The summed E-state index contributed by atoms with van der Waals surface area (Å²) in [6.45, 7) is 1.63. The first-order chi connectivity index (χ1) is 8.89. The summed E-state index contributed by atoms with van der Waals surface area (Å²) in [5.74, 6) is 0.478. The number of anilines is 3. The van der Waals surface area contributed by atoms with Gasteiger partial charge in [-0.25, -0.2) is 9.97 Å². The van der Waals surface area contributed by atoms with Gasteiger partial charge in [0.1, 0.15) is 18.0 Å². The van der Waals surface area contributed by atoms with Crippen LogP contribution < -0.4 is 11.1 Å². The molecule has 0 unspecified atom stereocenters. The van der Waals surface area contributed by atoms with Crippen molar-refractivity contribution in [1.29, 1.82) is 0 Å². The molecule has 0 fully saturated rings. The minimum Gasteiger partial charge on any atom is -0.383 e. The Balaban J connectivity index is 2.42. The zero-order valence-corrected chi connectivity index (χ0v) is 9.99. The van der Waals surface area contributed by atoms with Crippen molar-refractivity contribution in [3.05, 3.63) is 41.7 Å². The van der Waals surface area contributed by atoms with Crippen LogP contribution in [0.1, 0.15) is 11.1 Å². The number of alkyl halides is 3. The number of aromatic nitrogens is 2. The average Bonchev–Trinajstić information content (AvgIpc) is 2.34. The van der Waals surface area contributed by atoms with Gasteiger partial charge in [-0.2, -0.15) is 13.2 Å². The van der Waals surface area contributed by atoms with Crippen LogP contribution in [0.3, 0.4) is 0 Å². The Morgan fingerprint density at radius 2 is 1.84 bits per heavy atom. The van der Waals surface area contributed by atoms with Gasteiger partial charge < -0.3 is 11.1 Å². The Morgan fingerprint density at radius 1 is 1.16 bits per heavy atom. The zero-order chi connectivity index (χ0) is 14.0. The van der Waals surface area contributed by atoms with Gasteiger partial charge in [0.25, 0.3) is 0 Å². The van der Waals surface area contributed by atoms with E-state index in [1.807, 2.05) is 0 Å². The second-order valence-electron chi connectivity index (χ2n) is 3.90. The van der Waals surface area contributed by atoms with Gasteiger partial charge in [0, 0.05) is 5.56 Å². The molecule has 2 rings (SSSR count). The summed E-state index contributed by atoms with van der Waals surface area (Å²) >= 11 is 0. The average molecular weight is 268 g/mol. The first-order valence-corrected chi connectivity index (χ1v) is 5.40. The molecule has 1 heterocycles. The predicted octanol–water partition coefficient (Wildman–Crippen LogP) is 3.13. The van der Waals surface area contributed by atoms with Crippen LogP contribution in [0.4, 0.5) is 30.5 Å². The number of rotatable bonds is 2. The van der Waals surface area contributed by atoms with E-state index >= 15 is 0 Å². The summed E-state index contributed by atoms with van der Waals surface area (Å²) in [6, 6.07) is 5.18. The summed E-state index contributed by atoms with van der Waals surface area (Å²) in [4.78, 5) is 7.64. The minimum atomic E-state index is -4.43. The second-order valence-corrected chi connectivity index (χ2v) is 3.90. The second kappa shape index (κ2) is 4.75. The van der Waals surface area contributed by atoms with Crippen molar-refractivity contribution in [1.82, 2.24) is 9.97 Å². The van der Waals surface area contributed by atoms with Crippen molar-refractivity contribution >= 4 is 17.3 Å². The molecule has 0 radical (unpaired) electrons. The van der Waals surface area contributed by atoms with E-state index in [-0.39, 0.29) is 17.3 Å². The molecule has 7 heteroatoms. The van der Waals surface area contributed by atoms with Crippen molar-refractivity contribution in [2.75, 3.05) is 11.1 Å². The number of halogens is 3. The first kappa shape index (κ1) is 13.1. The highest BCUT2D eigenvalue weighted by Crippen LogP contribution is 2.36. The monoisotopic (exact) mass is 268 g/mol. The van der Waals surface area contributed by atoms with Crippen LogP contribution in [0.15, 0.2) is 30.6 Å². The van der Waals surface area contributed by atoms with Gasteiger partial charge in [-0.15, -0.1) is 0 Å². The molecule has 2 aromatic rings. The number of nitrogens with two attached hydrogens (primary N) is 1. The van der Waals surface area contributed by atoms with E-state index in [0.717, 1.165) is 6.07 Å². The molecule has 3 N–H and O–H groups in total. The maximum atomic E-state index is 12.8. The van der Waals surface area contributed by atoms with Gasteiger partial charge in [0.2, 0.25) is 0 Å². The molecule has 0 spiro atoms. The smallest absolute Gasteiger partial charge is 0.383 e. The van der Waals surface area contributed by atoms with Crippen molar-refractivity contribution in [3.63, 3.8) is 0 Å². The molecule has 19 heavy (non-hydrogen) atoms. The molecule has 1 aromatic carbocycles. The highest BCUT2D eigenvalue weighted by atomic mass is 19.4. The van der Waals surface area contributed by atoms with Gasteiger partial charge in [-0.3, -0.25) is 0 Å². The van der Waals surface area contributed by atoms with E-state index in [2.05, 4.69) is 15.3 Å². The third kappa shape index (κ3) is 2.75. The van der Waals surface area contributed by atoms with Crippen LogP contribution >= 0.6 is 0 Å². The Kier molecular flexibility index (Phi) is 3.28. The Hall–Kier alpha value is -2.31.